The van der Waals surface area contributed by atoms with Crippen molar-refractivity contribution in [2.45, 2.75) is 12.8 Å². The lowest BCUT2D eigenvalue weighted by Gasteiger charge is -2.11. The van der Waals surface area contributed by atoms with Crippen LogP contribution >= 0.6 is 23.2 Å². The first-order valence-electron chi connectivity index (χ1n) is 8.81. The largest absolute Gasteiger partial charge is 0.456 e. The summed E-state index contributed by atoms with van der Waals surface area (Å²) in [6.07, 6.45) is 2.65. The molecule has 1 N–H and O–H groups in total. The van der Waals surface area contributed by atoms with Gasteiger partial charge in [-0.15, -0.1) is 0 Å². The molecule has 30 heavy (non-hydrogen) atoms. The Kier molecular flexibility index (Phi) is 7.16. The SMILES string of the molecule is O=C(COC(=O)CCC(=O)c1ccc(Cl)cc1)Nc1cc(Cl)ccc1-n1cncn1. The van der Waals surface area contributed by atoms with Crippen LogP contribution in [0.4, 0.5) is 5.69 Å². The second kappa shape index (κ2) is 10.00. The van der Waals surface area contributed by atoms with E-state index in [1.165, 1.54) is 17.3 Å². The fraction of sp³-hybridized carbons (Fsp3) is 0.150. The van der Waals surface area contributed by atoms with Gasteiger partial charge in [0.15, 0.2) is 12.4 Å². The number of rotatable bonds is 8. The van der Waals surface area contributed by atoms with Crippen molar-refractivity contribution in [3.63, 3.8) is 0 Å². The number of benzene rings is 2. The molecule has 0 saturated carbocycles. The van der Waals surface area contributed by atoms with Gasteiger partial charge in [-0.05, 0) is 42.5 Å². The molecule has 0 aliphatic carbocycles. The number of halogens is 2. The van der Waals surface area contributed by atoms with E-state index >= 15 is 0 Å². The van der Waals surface area contributed by atoms with E-state index in [0.717, 1.165) is 0 Å². The monoisotopic (exact) mass is 446 g/mol. The number of amides is 1. The standard InChI is InChI=1S/C20H16Cl2N4O4/c21-14-3-1-13(2-4-14)18(27)7-8-20(29)30-10-19(28)25-16-9-15(22)5-6-17(16)26-12-23-11-24-26/h1-6,9,11-12H,7-8,10H2,(H,25,28). The van der Waals surface area contributed by atoms with E-state index in [-0.39, 0.29) is 18.6 Å². The van der Waals surface area contributed by atoms with Crippen molar-refractivity contribution < 1.29 is 19.1 Å². The van der Waals surface area contributed by atoms with E-state index in [1.807, 2.05) is 0 Å². The van der Waals surface area contributed by atoms with E-state index in [1.54, 1.807) is 42.5 Å². The Morgan fingerprint density at radius 2 is 1.73 bits per heavy atom. The normalized spacial score (nSPS) is 10.5. The Morgan fingerprint density at radius 3 is 2.43 bits per heavy atom. The van der Waals surface area contributed by atoms with Gasteiger partial charge in [0, 0.05) is 22.0 Å². The fourth-order valence-electron chi connectivity index (χ4n) is 2.54. The van der Waals surface area contributed by atoms with Crippen LogP contribution in [-0.2, 0) is 14.3 Å². The number of hydrogen-bond donors (Lipinski definition) is 1. The van der Waals surface area contributed by atoms with E-state index in [0.29, 0.717) is 27.0 Å². The molecule has 3 aromatic rings. The van der Waals surface area contributed by atoms with Crippen molar-refractivity contribution >= 4 is 46.5 Å². The fourth-order valence-corrected chi connectivity index (χ4v) is 2.84. The van der Waals surface area contributed by atoms with Crippen LogP contribution in [0.15, 0.2) is 55.1 Å². The lowest BCUT2D eigenvalue weighted by Crippen LogP contribution is -2.22. The number of Topliss-reactive ketones (excluding diaryl/α,β-unsaturated/α-hetero) is 1. The van der Waals surface area contributed by atoms with Crippen LogP contribution in [0.2, 0.25) is 10.0 Å². The van der Waals surface area contributed by atoms with Crippen molar-refractivity contribution in [3.8, 4) is 5.69 Å². The number of nitrogens with zero attached hydrogens (tertiary/aromatic N) is 3. The number of nitrogens with one attached hydrogen (secondary N) is 1. The summed E-state index contributed by atoms with van der Waals surface area (Å²) < 4.78 is 6.41. The van der Waals surface area contributed by atoms with Gasteiger partial charge in [0.25, 0.3) is 5.91 Å². The molecule has 8 nitrogen and oxygen atoms in total. The van der Waals surface area contributed by atoms with Crippen molar-refractivity contribution in [2.24, 2.45) is 0 Å². The molecule has 0 bridgehead atoms. The van der Waals surface area contributed by atoms with Crippen LogP contribution in [0.5, 0.6) is 0 Å². The number of ether oxygens (including phenoxy) is 1. The molecule has 0 radical (unpaired) electrons. The lowest BCUT2D eigenvalue weighted by molar-refractivity contribution is -0.147. The highest BCUT2D eigenvalue weighted by atomic mass is 35.5. The van der Waals surface area contributed by atoms with Crippen molar-refractivity contribution in [2.75, 3.05) is 11.9 Å². The van der Waals surface area contributed by atoms with Gasteiger partial charge in [0.1, 0.15) is 12.7 Å². The molecule has 3 rings (SSSR count). The number of ketones is 1. The predicted octanol–water partition coefficient (Wildman–Crippen LogP) is 3.72. The van der Waals surface area contributed by atoms with Gasteiger partial charge in [-0.1, -0.05) is 23.2 Å². The third-order valence-corrected chi connectivity index (χ3v) is 4.47. The molecule has 1 aromatic heterocycles. The average Bonchev–Trinajstić information content (AvgIpc) is 3.25. The summed E-state index contributed by atoms with van der Waals surface area (Å²) in [7, 11) is 0. The van der Waals surface area contributed by atoms with Gasteiger partial charge in [-0.2, -0.15) is 5.10 Å². The molecule has 0 saturated heterocycles. The number of anilines is 1. The van der Waals surface area contributed by atoms with Gasteiger partial charge in [0.05, 0.1) is 17.8 Å². The summed E-state index contributed by atoms with van der Waals surface area (Å²) in [6.45, 7) is -0.503. The highest BCUT2D eigenvalue weighted by Crippen LogP contribution is 2.23. The predicted molar refractivity (Wildman–Crippen MR) is 111 cm³/mol. The highest BCUT2D eigenvalue weighted by molar-refractivity contribution is 6.31. The summed E-state index contributed by atoms with van der Waals surface area (Å²) in [5.74, 6) is -1.43. The van der Waals surface area contributed by atoms with Crippen LogP contribution < -0.4 is 5.32 Å². The molecule has 0 fully saturated rings. The number of carbonyl (C=O) groups is 3. The molecule has 0 unspecified atom stereocenters. The van der Waals surface area contributed by atoms with Crippen LogP contribution in [0.1, 0.15) is 23.2 Å². The second-order valence-electron chi connectivity index (χ2n) is 6.14. The number of carbonyl (C=O) groups excluding carboxylic acids is 3. The number of aromatic nitrogens is 3. The quantitative estimate of drug-likeness (QED) is 0.417. The summed E-state index contributed by atoms with van der Waals surface area (Å²) in [4.78, 5) is 40.0. The van der Waals surface area contributed by atoms with Crippen LogP contribution in [0.3, 0.4) is 0 Å². The minimum absolute atomic E-state index is 0.0349. The number of hydrogen-bond acceptors (Lipinski definition) is 6. The summed E-state index contributed by atoms with van der Waals surface area (Å²) >= 11 is 11.8. The van der Waals surface area contributed by atoms with Crippen LogP contribution in [0, 0.1) is 0 Å². The van der Waals surface area contributed by atoms with Gasteiger partial charge in [-0.25, -0.2) is 9.67 Å². The van der Waals surface area contributed by atoms with E-state index in [9.17, 15) is 14.4 Å². The number of esters is 1. The van der Waals surface area contributed by atoms with Crippen molar-refractivity contribution in [1.82, 2.24) is 14.8 Å². The van der Waals surface area contributed by atoms with Crippen molar-refractivity contribution in [1.29, 1.82) is 0 Å². The van der Waals surface area contributed by atoms with Gasteiger partial charge in [-0.3, -0.25) is 14.4 Å². The molecule has 0 aliphatic heterocycles. The zero-order valence-corrected chi connectivity index (χ0v) is 17.1. The van der Waals surface area contributed by atoms with Gasteiger partial charge >= 0.3 is 5.97 Å². The molecular formula is C20H16Cl2N4O4. The molecule has 2 aromatic carbocycles. The molecule has 0 atom stereocenters. The minimum atomic E-state index is -0.657. The molecule has 0 spiro atoms. The first kappa shape index (κ1) is 21.5. The molecule has 0 aliphatic rings. The maximum atomic E-state index is 12.2. The molecule has 1 amide bonds. The summed E-state index contributed by atoms with van der Waals surface area (Å²) in [5, 5.41) is 7.56. The Balaban J connectivity index is 1.50. The third-order valence-electron chi connectivity index (χ3n) is 3.98. The Bertz CT molecular complexity index is 1050. The molecular weight excluding hydrogens is 431 g/mol. The average molecular weight is 447 g/mol. The maximum Gasteiger partial charge on any atom is 0.306 e. The Labute approximate surface area is 181 Å². The van der Waals surface area contributed by atoms with E-state index < -0.39 is 18.5 Å². The first-order chi connectivity index (χ1) is 14.4. The molecule has 154 valence electrons. The van der Waals surface area contributed by atoms with E-state index in [4.69, 9.17) is 27.9 Å². The molecule has 10 heteroatoms. The maximum absolute atomic E-state index is 12.2. The Hall–Kier alpha value is -3.23. The third kappa shape index (κ3) is 5.88. The Morgan fingerprint density at radius 1 is 1.00 bits per heavy atom. The first-order valence-corrected chi connectivity index (χ1v) is 9.57. The second-order valence-corrected chi connectivity index (χ2v) is 7.01. The lowest BCUT2D eigenvalue weighted by atomic mass is 10.1. The summed E-state index contributed by atoms with van der Waals surface area (Å²) in [6, 6.07) is 11.2. The van der Waals surface area contributed by atoms with E-state index in [2.05, 4.69) is 15.4 Å². The zero-order valence-electron chi connectivity index (χ0n) is 15.5. The summed E-state index contributed by atoms with van der Waals surface area (Å²) in [5.41, 5.74) is 1.38. The topological polar surface area (TPSA) is 103 Å². The zero-order chi connectivity index (χ0) is 21.5. The van der Waals surface area contributed by atoms with Gasteiger partial charge < -0.3 is 10.1 Å². The highest BCUT2D eigenvalue weighted by Gasteiger charge is 2.14. The smallest absolute Gasteiger partial charge is 0.306 e. The molecule has 1 heterocycles. The van der Waals surface area contributed by atoms with Gasteiger partial charge in [0.2, 0.25) is 0 Å². The van der Waals surface area contributed by atoms with Crippen molar-refractivity contribution in [3.05, 3.63) is 70.7 Å². The van der Waals surface area contributed by atoms with Crippen LogP contribution in [0.25, 0.3) is 5.69 Å². The minimum Gasteiger partial charge on any atom is -0.456 e. The van der Waals surface area contributed by atoms with Crippen LogP contribution in [-0.4, -0.2) is 39.0 Å².